The zero-order chi connectivity index (χ0) is 24.9. The van der Waals surface area contributed by atoms with Gasteiger partial charge in [-0.2, -0.15) is 0 Å². The zero-order valence-corrected chi connectivity index (χ0v) is 20.8. The van der Waals surface area contributed by atoms with E-state index in [-0.39, 0.29) is 19.1 Å². The predicted molar refractivity (Wildman–Crippen MR) is 137 cm³/mol. The Labute approximate surface area is 210 Å². The monoisotopic (exact) mass is 496 g/mol. The number of carbonyl (C=O) groups excluding carboxylic acids is 1. The normalized spacial score (nSPS) is 13.2. The van der Waals surface area contributed by atoms with E-state index in [0.29, 0.717) is 40.1 Å². The van der Waals surface area contributed by atoms with Gasteiger partial charge in [0.25, 0.3) is 5.91 Å². The molecule has 1 unspecified atom stereocenters. The number of rotatable bonds is 9. The maximum Gasteiger partial charge on any atom is 0.254 e. The second kappa shape index (κ2) is 10.9. The number of amides is 1. The summed E-state index contributed by atoms with van der Waals surface area (Å²) in [6.45, 7) is 2.64. The van der Waals surface area contributed by atoms with E-state index in [4.69, 9.17) is 30.9 Å². The third-order valence-electron chi connectivity index (χ3n) is 5.94. The molecule has 3 aromatic rings. The number of halogens is 1. The summed E-state index contributed by atoms with van der Waals surface area (Å²) < 4.78 is 16.6. The molecule has 0 saturated heterocycles. The Hall–Kier alpha value is -3.42. The molecule has 0 bridgehead atoms. The average molecular weight is 497 g/mol. The molecular formula is C27H29ClN2O5. The lowest BCUT2D eigenvalue weighted by Gasteiger charge is -2.27. The number of aryl methyl sites for hydroxylation is 1. The highest BCUT2D eigenvalue weighted by Crippen LogP contribution is 2.37. The number of ether oxygens (including phenoxy) is 3. The summed E-state index contributed by atoms with van der Waals surface area (Å²) in [5, 5.41) is 13.0. The first-order valence-corrected chi connectivity index (χ1v) is 11.7. The van der Waals surface area contributed by atoms with Crippen molar-refractivity contribution in [3.05, 3.63) is 76.3 Å². The fraction of sp³-hybridized carbons (Fsp3) is 0.296. The Morgan fingerprint density at radius 3 is 2.63 bits per heavy atom. The van der Waals surface area contributed by atoms with Gasteiger partial charge in [0.2, 0.25) is 0 Å². The van der Waals surface area contributed by atoms with Crippen LogP contribution < -0.4 is 24.4 Å². The smallest absolute Gasteiger partial charge is 0.254 e. The van der Waals surface area contributed by atoms with Crippen molar-refractivity contribution >= 4 is 28.9 Å². The predicted octanol–water partition coefficient (Wildman–Crippen LogP) is 4.78. The van der Waals surface area contributed by atoms with Gasteiger partial charge in [0.05, 0.1) is 20.8 Å². The van der Waals surface area contributed by atoms with Gasteiger partial charge in [0.1, 0.15) is 29.9 Å². The van der Waals surface area contributed by atoms with E-state index >= 15 is 0 Å². The van der Waals surface area contributed by atoms with Gasteiger partial charge in [-0.3, -0.25) is 4.79 Å². The summed E-state index contributed by atoms with van der Waals surface area (Å²) in [6, 6.07) is 15.9. The van der Waals surface area contributed by atoms with Crippen LogP contribution in [0.2, 0.25) is 5.02 Å². The molecular weight excluding hydrogens is 468 g/mol. The number of nitrogens with zero attached hydrogens (tertiary/aromatic N) is 1. The molecule has 8 heteroatoms. The van der Waals surface area contributed by atoms with E-state index in [0.717, 1.165) is 23.2 Å². The van der Waals surface area contributed by atoms with Crippen molar-refractivity contribution in [3.63, 3.8) is 0 Å². The third-order valence-corrected chi connectivity index (χ3v) is 6.18. The molecule has 0 saturated carbocycles. The fourth-order valence-electron chi connectivity index (χ4n) is 4.26. The zero-order valence-electron chi connectivity index (χ0n) is 20.0. The number of benzene rings is 3. The highest BCUT2D eigenvalue weighted by atomic mass is 35.5. The maximum atomic E-state index is 14.1. The number of aliphatic hydroxyl groups excluding tert-OH is 1. The van der Waals surface area contributed by atoms with Gasteiger partial charge in [0.15, 0.2) is 0 Å². The molecule has 3 aromatic carbocycles. The van der Waals surface area contributed by atoms with Crippen LogP contribution in [0.3, 0.4) is 0 Å². The highest BCUT2D eigenvalue weighted by molar-refractivity contribution is 6.30. The lowest BCUT2D eigenvalue weighted by Crippen LogP contribution is -2.37. The minimum atomic E-state index is -0.772. The van der Waals surface area contributed by atoms with E-state index in [1.165, 1.54) is 0 Å². The molecule has 4 rings (SSSR count). The largest absolute Gasteiger partial charge is 0.497 e. The van der Waals surface area contributed by atoms with Crippen molar-refractivity contribution in [2.24, 2.45) is 0 Å². The van der Waals surface area contributed by atoms with Gasteiger partial charge in [-0.15, -0.1) is 0 Å². The molecule has 1 aliphatic heterocycles. The van der Waals surface area contributed by atoms with Crippen molar-refractivity contribution in [1.29, 1.82) is 0 Å². The van der Waals surface area contributed by atoms with Gasteiger partial charge >= 0.3 is 0 Å². The van der Waals surface area contributed by atoms with Gasteiger partial charge in [-0.25, -0.2) is 0 Å². The molecule has 184 valence electrons. The highest BCUT2D eigenvalue weighted by Gasteiger charge is 2.33. The van der Waals surface area contributed by atoms with E-state index in [9.17, 15) is 4.79 Å². The van der Waals surface area contributed by atoms with Crippen molar-refractivity contribution in [1.82, 2.24) is 0 Å². The van der Waals surface area contributed by atoms with E-state index < -0.39 is 6.04 Å². The van der Waals surface area contributed by atoms with Gasteiger partial charge in [-0.05, 0) is 42.7 Å². The molecule has 1 amide bonds. The Morgan fingerprint density at radius 2 is 1.89 bits per heavy atom. The van der Waals surface area contributed by atoms with E-state index in [1.54, 1.807) is 50.6 Å². The summed E-state index contributed by atoms with van der Waals surface area (Å²) >= 11 is 6.21. The SMILES string of the molecule is COc1cc(NC(C(=O)N2CCc3ccc(C)cc32)c2ccc(Cl)cc2OC)cc(OCCO)c1. The maximum absolute atomic E-state index is 14.1. The number of fused-ring (bicyclic) bond motifs is 1. The standard InChI is InChI=1S/C27H29ClN2O5/c1-17-4-5-18-8-9-30(24(18)12-17)27(32)26(23-7-6-19(28)13-25(23)34-3)29-20-14-21(33-2)16-22(15-20)35-11-10-31/h4-7,12-16,26,29,31H,8-11H2,1-3H3. The Bertz CT molecular complexity index is 1220. The molecule has 0 spiro atoms. The summed E-state index contributed by atoms with van der Waals surface area (Å²) in [6.07, 6.45) is 0.796. The van der Waals surface area contributed by atoms with Crippen molar-refractivity contribution in [2.75, 3.05) is 44.2 Å². The van der Waals surface area contributed by atoms with Crippen LogP contribution in [0.5, 0.6) is 17.2 Å². The topological polar surface area (TPSA) is 80.3 Å². The Kier molecular flexibility index (Phi) is 7.68. The van der Waals surface area contributed by atoms with Gasteiger partial charge in [-0.1, -0.05) is 29.8 Å². The number of nitrogens with one attached hydrogen (secondary N) is 1. The van der Waals surface area contributed by atoms with Crippen LogP contribution in [0.15, 0.2) is 54.6 Å². The molecule has 0 aliphatic carbocycles. The molecule has 0 fully saturated rings. The van der Waals surface area contributed by atoms with Gasteiger partial charge < -0.3 is 29.5 Å². The number of methoxy groups -OCH3 is 2. The minimum Gasteiger partial charge on any atom is -0.497 e. The Balaban J connectivity index is 1.76. The first-order chi connectivity index (χ1) is 16.9. The lowest BCUT2D eigenvalue weighted by atomic mass is 10.0. The van der Waals surface area contributed by atoms with Crippen molar-refractivity contribution in [2.45, 2.75) is 19.4 Å². The molecule has 2 N–H and O–H groups in total. The number of carbonyl (C=O) groups is 1. The molecule has 0 radical (unpaired) electrons. The quantitative estimate of drug-likeness (QED) is 0.444. The average Bonchev–Trinajstić information content (AvgIpc) is 3.28. The third kappa shape index (κ3) is 5.47. The summed E-state index contributed by atoms with van der Waals surface area (Å²) in [5.74, 6) is 1.46. The second-order valence-corrected chi connectivity index (χ2v) is 8.74. The van der Waals surface area contributed by atoms with Crippen molar-refractivity contribution in [3.8, 4) is 17.2 Å². The van der Waals surface area contributed by atoms with E-state index in [1.807, 2.05) is 17.9 Å². The van der Waals surface area contributed by atoms with Crippen LogP contribution in [0, 0.1) is 6.92 Å². The van der Waals surface area contributed by atoms with E-state index in [2.05, 4.69) is 17.4 Å². The number of anilines is 2. The molecule has 1 atom stereocenters. The fourth-order valence-corrected chi connectivity index (χ4v) is 4.42. The molecule has 1 aliphatic rings. The number of hydrogen-bond donors (Lipinski definition) is 2. The summed E-state index contributed by atoms with van der Waals surface area (Å²) in [4.78, 5) is 15.9. The van der Waals surface area contributed by atoms with Crippen LogP contribution in [0.25, 0.3) is 0 Å². The van der Waals surface area contributed by atoms with Crippen LogP contribution in [0.1, 0.15) is 22.7 Å². The lowest BCUT2D eigenvalue weighted by molar-refractivity contribution is -0.119. The molecule has 0 aromatic heterocycles. The van der Waals surface area contributed by atoms with Crippen LogP contribution in [0.4, 0.5) is 11.4 Å². The number of hydrogen-bond acceptors (Lipinski definition) is 6. The number of aliphatic hydroxyl groups is 1. The van der Waals surface area contributed by atoms with Gasteiger partial charge in [0, 0.05) is 46.7 Å². The first kappa shape index (κ1) is 24.7. The van der Waals surface area contributed by atoms with Crippen LogP contribution in [-0.4, -0.2) is 45.0 Å². The summed E-state index contributed by atoms with van der Waals surface area (Å²) in [7, 11) is 3.11. The Morgan fingerprint density at radius 1 is 1.09 bits per heavy atom. The molecule has 35 heavy (non-hydrogen) atoms. The minimum absolute atomic E-state index is 0.114. The van der Waals surface area contributed by atoms with Crippen molar-refractivity contribution < 1.29 is 24.1 Å². The second-order valence-electron chi connectivity index (χ2n) is 8.30. The van der Waals surface area contributed by atoms with Crippen LogP contribution in [-0.2, 0) is 11.2 Å². The summed E-state index contributed by atoms with van der Waals surface area (Å²) in [5.41, 5.74) is 4.44. The van der Waals surface area contributed by atoms with Crippen LogP contribution >= 0.6 is 11.6 Å². The molecule has 1 heterocycles. The molecule has 7 nitrogen and oxygen atoms in total. The first-order valence-electron chi connectivity index (χ1n) is 11.4.